The van der Waals surface area contributed by atoms with E-state index in [-0.39, 0.29) is 6.04 Å². The molecule has 3 nitrogen and oxygen atoms in total. The summed E-state index contributed by atoms with van der Waals surface area (Å²) in [6.45, 7) is 3.03. The number of hydrogen-bond acceptors (Lipinski definition) is 2. The third kappa shape index (κ3) is 2.32. The summed E-state index contributed by atoms with van der Waals surface area (Å²) < 4.78 is 0. The molecule has 1 saturated heterocycles. The lowest BCUT2D eigenvalue weighted by molar-refractivity contribution is -0.153. The van der Waals surface area contributed by atoms with E-state index in [4.69, 9.17) is 5.73 Å². The van der Waals surface area contributed by atoms with Crippen molar-refractivity contribution in [2.75, 3.05) is 6.54 Å². The van der Waals surface area contributed by atoms with Crippen molar-refractivity contribution >= 4 is 5.91 Å². The molecule has 2 N–H and O–H groups in total. The molecule has 5 aliphatic rings. The van der Waals surface area contributed by atoms with E-state index in [0.29, 0.717) is 29.7 Å². The Morgan fingerprint density at radius 3 is 2.24 bits per heavy atom. The number of hydrogen-bond donors (Lipinski definition) is 1. The molecule has 5 rings (SSSR count). The zero-order valence-corrected chi connectivity index (χ0v) is 13.3. The molecule has 1 aliphatic heterocycles. The van der Waals surface area contributed by atoms with Crippen LogP contribution in [0.4, 0.5) is 0 Å². The summed E-state index contributed by atoms with van der Waals surface area (Å²) in [6, 6.07) is 0.412. The van der Waals surface area contributed by atoms with Gasteiger partial charge in [0, 0.05) is 24.5 Å². The van der Waals surface area contributed by atoms with Gasteiger partial charge in [-0.05, 0) is 82.0 Å². The third-order valence-corrected chi connectivity index (χ3v) is 6.95. The third-order valence-electron chi connectivity index (χ3n) is 6.95. The number of nitrogens with two attached hydrogens (primary N) is 1. The van der Waals surface area contributed by atoms with Gasteiger partial charge >= 0.3 is 0 Å². The van der Waals surface area contributed by atoms with Crippen LogP contribution >= 0.6 is 0 Å². The minimum absolute atomic E-state index is 0.117. The van der Waals surface area contributed by atoms with E-state index in [9.17, 15) is 4.79 Å². The molecule has 1 heterocycles. The average molecular weight is 290 g/mol. The zero-order valence-electron chi connectivity index (χ0n) is 13.3. The minimum atomic E-state index is 0.117. The summed E-state index contributed by atoms with van der Waals surface area (Å²) in [5.41, 5.74) is 6.18. The summed E-state index contributed by atoms with van der Waals surface area (Å²) in [5.74, 6) is 4.11. The van der Waals surface area contributed by atoms with Crippen LogP contribution in [0.2, 0.25) is 0 Å². The monoisotopic (exact) mass is 290 g/mol. The molecule has 21 heavy (non-hydrogen) atoms. The van der Waals surface area contributed by atoms with Gasteiger partial charge in [-0.3, -0.25) is 4.79 Å². The largest absolute Gasteiger partial charge is 0.338 e. The molecule has 3 heteroatoms. The summed E-state index contributed by atoms with van der Waals surface area (Å²) in [5, 5.41) is 0. The first-order valence-electron chi connectivity index (χ1n) is 9.19. The van der Waals surface area contributed by atoms with Crippen LogP contribution in [-0.4, -0.2) is 29.4 Å². The van der Waals surface area contributed by atoms with Crippen LogP contribution in [0.3, 0.4) is 0 Å². The molecular weight excluding hydrogens is 260 g/mol. The second kappa shape index (κ2) is 5.26. The molecule has 5 fully saturated rings. The number of piperidine rings is 1. The molecule has 0 aromatic carbocycles. The van der Waals surface area contributed by atoms with Crippen molar-refractivity contribution in [2.24, 2.45) is 35.3 Å². The molecule has 2 unspecified atom stereocenters. The van der Waals surface area contributed by atoms with Crippen LogP contribution < -0.4 is 5.73 Å². The highest BCUT2D eigenvalue weighted by atomic mass is 16.2. The summed E-state index contributed by atoms with van der Waals surface area (Å²) >= 11 is 0. The van der Waals surface area contributed by atoms with Crippen LogP contribution in [0.5, 0.6) is 0 Å². The average Bonchev–Trinajstić information content (AvgIpc) is 2.46. The Balaban J connectivity index is 1.54. The Hall–Kier alpha value is -0.570. The van der Waals surface area contributed by atoms with Crippen molar-refractivity contribution in [2.45, 2.75) is 70.4 Å². The lowest BCUT2D eigenvalue weighted by atomic mass is 9.51. The number of rotatable bonds is 2. The standard InChI is InChI=1S/C18H30N2O/c1-11(19)16-4-2-3-5-20(16)18(21)17-14-7-12-6-13(9-14)10-15(17)8-12/h11-17H,2-10,19H2,1H3. The molecule has 2 atom stereocenters. The molecule has 0 aromatic rings. The van der Waals surface area contributed by atoms with Gasteiger partial charge in [-0.25, -0.2) is 0 Å². The summed E-state index contributed by atoms with van der Waals surface area (Å²) in [7, 11) is 0. The first-order chi connectivity index (χ1) is 10.1. The van der Waals surface area contributed by atoms with Gasteiger partial charge in [0.25, 0.3) is 0 Å². The highest BCUT2D eigenvalue weighted by Gasteiger charge is 2.52. The van der Waals surface area contributed by atoms with E-state index in [1.165, 1.54) is 44.9 Å². The van der Waals surface area contributed by atoms with Crippen molar-refractivity contribution < 1.29 is 4.79 Å². The normalized spacial score (nSPS) is 46.7. The van der Waals surface area contributed by atoms with Gasteiger partial charge in [0.1, 0.15) is 0 Å². The predicted octanol–water partition coefficient (Wildman–Crippen LogP) is 2.79. The maximum atomic E-state index is 13.3. The first-order valence-corrected chi connectivity index (χ1v) is 9.19. The summed E-state index contributed by atoms with van der Waals surface area (Å²) in [6.07, 6.45) is 10.3. The molecule has 0 aromatic heterocycles. The molecule has 4 saturated carbocycles. The van der Waals surface area contributed by atoms with Crippen LogP contribution in [0.15, 0.2) is 0 Å². The lowest BCUT2D eigenvalue weighted by Gasteiger charge is -2.55. The van der Waals surface area contributed by atoms with E-state index >= 15 is 0 Å². The van der Waals surface area contributed by atoms with Gasteiger partial charge < -0.3 is 10.6 Å². The smallest absolute Gasteiger partial charge is 0.226 e. The minimum Gasteiger partial charge on any atom is -0.338 e. The molecule has 0 radical (unpaired) electrons. The quantitative estimate of drug-likeness (QED) is 0.850. The van der Waals surface area contributed by atoms with Crippen LogP contribution in [0.1, 0.15) is 58.3 Å². The molecule has 4 aliphatic carbocycles. The Bertz CT molecular complexity index is 391. The number of nitrogens with zero attached hydrogens (tertiary/aromatic N) is 1. The second-order valence-electron chi connectivity index (χ2n) is 8.41. The molecule has 0 spiro atoms. The Morgan fingerprint density at radius 1 is 1.05 bits per heavy atom. The highest BCUT2D eigenvalue weighted by Crippen LogP contribution is 2.57. The topological polar surface area (TPSA) is 46.3 Å². The fraction of sp³-hybridized carbons (Fsp3) is 0.944. The molecular formula is C18H30N2O. The second-order valence-corrected chi connectivity index (χ2v) is 8.41. The maximum Gasteiger partial charge on any atom is 0.226 e. The molecule has 1 amide bonds. The van der Waals surface area contributed by atoms with Crippen molar-refractivity contribution in [3.63, 3.8) is 0 Å². The van der Waals surface area contributed by atoms with Crippen LogP contribution in [0, 0.1) is 29.6 Å². The van der Waals surface area contributed by atoms with E-state index < -0.39 is 0 Å². The van der Waals surface area contributed by atoms with Gasteiger partial charge in [-0.2, -0.15) is 0 Å². The SMILES string of the molecule is CC(N)C1CCCCN1C(=O)C1C2CC3CC(C2)CC1C3. The van der Waals surface area contributed by atoms with Crippen LogP contribution in [0.25, 0.3) is 0 Å². The lowest BCUT2D eigenvalue weighted by Crippen LogP contribution is -2.57. The van der Waals surface area contributed by atoms with Crippen molar-refractivity contribution in [1.29, 1.82) is 0 Å². The molecule has 118 valence electrons. The van der Waals surface area contributed by atoms with E-state index in [2.05, 4.69) is 11.8 Å². The highest BCUT2D eigenvalue weighted by molar-refractivity contribution is 5.80. The fourth-order valence-electron chi connectivity index (χ4n) is 6.30. The zero-order chi connectivity index (χ0) is 14.6. The van der Waals surface area contributed by atoms with Gasteiger partial charge in [0.2, 0.25) is 5.91 Å². The summed E-state index contributed by atoms with van der Waals surface area (Å²) in [4.78, 5) is 15.5. The van der Waals surface area contributed by atoms with Crippen LogP contribution in [-0.2, 0) is 4.79 Å². The van der Waals surface area contributed by atoms with Crippen molar-refractivity contribution in [3.8, 4) is 0 Å². The van der Waals surface area contributed by atoms with E-state index in [1.54, 1.807) is 0 Å². The number of likely N-dealkylation sites (tertiary alicyclic amines) is 1. The predicted molar refractivity (Wildman–Crippen MR) is 83.5 cm³/mol. The van der Waals surface area contributed by atoms with Gasteiger partial charge in [-0.15, -0.1) is 0 Å². The van der Waals surface area contributed by atoms with E-state index in [0.717, 1.165) is 24.8 Å². The Morgan fingerprint density at radius 2 is 1.67 bits per heavy atom. The molecule has 4 bridgehead atoms. The number of carbonyl (C=O) groups is 1. The van der Waals surface area contributed by atoms with Gasteiger partial charge in [0.15, 0.2) is 0 Å². The maximum absolute atomic E-state index is 13.3. The van der Waals surface area contributed by atoms with Gasteiger partial charge in [-0.1, -0.05) is 0 Å². The number of carbonyl (C=O) groups excluding carboxylic acids is 1. The van der Waals surface area contributed by atoms with Crippen molar-refractivity contribution in [3.05, 3.63) is 0 Å². The Kier molecular flexibility index (Phi) is 3.52. The Labute approximate surface area is 128 Å². The number of amides is 1. The van der Waals surface area contributed by atoms with Gasteiger partial charge in [0.05, 0.1) is 0 Å². The van der Waals surface area contributed by atoms with E-state index in [1.807, 2.05) is 0 Å². The first kappa shape index (κ1) is 14.0. The van der Waals surface area contributed by atoms with Crippen molar-refractivity contribution in [1.82, 2.24) is 4.90 Å². The fourth-order valence-corrected chi connectivity index (χ4v) is 6.30.